The average molecular weight is 481 g/mol. The molecule has 0 saturated carbocycles. The number of hydrogen-bond acceptors (Lipinski definition) is 8. The molecular weight excluding hydrogens is 452 g/mol. The fraction of sp³-hybridized carbons (Fsp3) is 0.308. The molecule has 6 heterocycles. The van der Waals surface area contributed by atoms with E-state index in [1.165, 1.54) is 0 Å². The maximum Gasteiger partial charge on any atom is 0.147 e. The summed E-state index contributed by atoms with van der Waals surface area (Å²) in [5.41, 5.74) is 11.7. The second kappa shape index (κ2) is 8.28. The van der Waals surface area contributed by atoms with E-state index in [1.54, 1.807) is 12.4 Å². The lowest BCUT2D eigenvalue weighted by Gasteiger charge is -2.37. The average Bonchev–Trinajstić information content (AvgIpc) is 3.51. The first-order valence-corrected chi connectivity index (χ1v) is 12.3. The van der Waals surface area contributed by atoms with Gasteiger partial charge in [0, 0.05) is 67.8 Å². The summed E-state index contributed by atoms with van der Waals surface area (Å²) in [4.78, 5) is 24.5. The van der Waals surface area contributed by atoms with Crippen molar-refractivity contribution < 1.29 is 0 Å². The number of benzene rings is 1. The van der Waals surface area contributed by atoms with Crippen molar-refractivity contribution >= 4 is 33.4 Å². The van der Waals surface area contributed by atoms with Crippen LogP contribution in [0.25, 0.3) is 44.5 Å². The highest BCUT2D eigenvalue weighted by Crippen LogP contribution is 2.34. The zero-order valence-corrected chi connectivity index (χ0v) is 20.1. The van der Waals surface area contributed by atoms with Gasteiger partial charge in [-0.2, -0.15) is 5.10 Å². The van der Waals surface area contributed by atoms with Gasteiger partial charge in [-0.05, 0) is 31.3 Å². The van der Waals surface area contributed by atoms with Gasteiger partial charge < -0.3 is 25.4 Å². The molecule has 10 heteroatoms. The summed E-state index contributed by atoms with van der Waals surface area (Å²) in [7, 11) is 2.17. The van der Waals surface area contributed by atoms with Crippen LogP contribution in [0.2, 0.25) is 0 Å². The Morgan fingerprint density at radius 3 is 2.64 bits per heavy atom. The number of fused-ring (bicyclic) bond motifs is 2. The van der Waals surface area contributed by atoms with Gasteiger partial charge in [-0.3, -0.25) is 10.1 Å². The van der Waals surface area contributed by atoms with Crippen molar-refractivity contribution in [3.63, 3.8) is 0 Å². The highest BCUT2D eigenvalue weighted by molar-refractivity contribution is 6.00. The van der Waals surface area contributed by atoms with Crippen LogP contribution < -0.4 is 15.5 Å². The number of likely N-dealkylation sites (N-methyl/N-ethyl adjacent to an activating group) is 1. The first kappa shape index (κ1) is 21.3. The van der Waals surface area contributed by atoms with Crippen molar-refractivity contribution in [1.82, 2.24) is 35.0 Å². The van der Waals surface area contributed by atoms with E-state index < -0.39 is 0 Å². The fourth-order valence-corrected chi connectivity index (χ4v) is 5.16. The molecule has 36 heavy (non-hydrogen) atoms. The van der Waals surface area contributed by atoms with Gasteiger partial charge >= 0.3 is 0 Å². The summed E-state index contributed by atoms with van der Waals surface area (Å²) in [6.45, 7) is 5.65. The normalized spacial score (nSPS) is 17.3. The van der Waals surface area contributed by atoms with Gasteiger partial charge in [0.15, 0.2) is 0 Å². The van der Waals surface area contributed by atoms with Crippen molar-refractivity contribution in [3.05, 3.63) is 48.9 Å². The van der Waals surface area contributed by atoms with Gasteiger partial charge in [0.05, 0.1) is 34.8 Å². The van der Waals surface area contributed by atoms with Crippen molar-refractivity contribution in [3.8, 4) is 22.6 Å². The Morgan fingerprint density at radius 2 is 1.81 bits per heavy atom. The Bertz CT molecular complexity index is 1560. The summed E-state index contributed by atoms with van der Waals surface area (Å²) in [5, 5.41) is 10.0. The molecule has 1 aromatic carbocycles. The quantitative estimate of drug-likeness (QED) is 0.359. The summed E-state index contributed by atoms with van der Waals surface area (Å²) in [6.07, 6.45) is 5.49. The number of aromatic amines is 2. The Balaban J connectivity index is 1.26. The van der Waals surface area contributed by atoms with Crippen LogP contribution in [-0.2, 0) is 0 Å². The van der Waals surface area contributed by atoms with E-state index >= 15 is 0 Å². The number of nitrogens with zero attached hydrogens (tertiary/aromatic N) is 7. The summed E-state index contributed by atoms with van der Waals surface area (Å²) in [5.74, 6) is 1.89. The number of rotatable bonds is 4. The minimum absolute atomic E-state index is 0.212. The Kier molecular flexibility index (Phi) is 4.90. The molecule has 0 radical (unpaired) electrons. The number of pyridine rings is 1. The molecule has 5 aromatic rings. The number of anilines is 2. The fourth-order valence-electron chi connectivity index (χ4n) is 5.16. The lowest BCUT2D eigenvalue weighted by atomic mass is 10.1. The topological polar surface area (TPSA) is 119 Å². The third-order valence-corrected chi connectivity index (χ3v) is 7.30. The van der Waals surface area contributed by atoms with Crippen molar-refractivity contribution in [1.29, 1.82) is 0 Å². The van der Waals surface area contributed by atoms with Gasteiger partial charge in [0.25, 0.3) is 0 Å². The second-order valence-electron chi connectivity index (χ2n) is 9.83. The van der Waals surface area contributed by atoms with Crippen LogP contribution in [0.1, 0.15) is 0 Å². The van der Waals surface area contributed by atoms with E-state index in [0.717, 1.165) is 95.4 Å². The molecule has 0 unspecified atom stereocenters. The van der Waals surface area contributed by atoms with E-state index in [-0.39, 0.29) is 6.04 Å². The van der Waals surface area contributed by atoms with Gasteiger partial charge in [0.1, 0.15) is 17.3 Å². The third-order valence-electron chi connectivity index (χ3n) is 7.30. The molecule has 2 fully saturated rings. The van der Waals surface area contributed by atoms with Gasteiger partial charge in [-0.15, -0.1) is 0 Å². The number of H-pyrrole nitrogens is 2. The molecular formula is C26H28N10. The minimum Gasteiger partial charge on any atom is -0.353 e. The Labute approximate surface area is 208 Å². The van der Waals surface area contributed by atoms with Crippen LogP contribution in [0, 0.1) is 0 Å². The minimum atomic E-state index is 0.212. The summed E-state index contributed by atoms with van der Waals surface area (Å²) in [6, 6.07) is 10.7. The predicted octanol–water partition coefficient (Wildman–Crippen LogP) is 2.46. The number of aromatic nitrogens is 6. The van der Waals surface area contributed by atoms with Crippen LogP contribution >= 0.6 is 0 Å². The predicted molar refractivity (Wildman–Crippen MR) is 142 cm³/mol. The molecule has 4 aromatic heterocycles. The SMILES string of the molecule is CN1CCN(c2nccc3[nH]c(-c4n[nH]c5ccc(-c6cncc(N7CC(N)C7)n6)cc45)cc23)CC1. The second-order valence-corrected chi connectivity index (χ2v) is 9.83. The van der Waals surface area contributed by atoms with E-state index in [1.807, 2.05) is 12.3 Å². The van der Waals surface area contributed by atoms with E-state index in [4.69, 9.17) is 15.7 Å². The van der Waals surface area contributed by atoms with Crippen LogP contribution in [-0.4, -0.2) is 87.4 Å². The van der Waals surface area contributed by atoms with E-state index in [9.17, 15) is 0 Å². The highest BCUT2D eigenvalue weighted by Gasteiger charge is 2.25. The zero-order valence-electron chi connectivity index (χ0n) is 20.1. The first-order valence-electron chi connectivity index (χ1n) is 12.3. The lowest BCUT2D eigenvalue weighted by Crippen LogP contribution is -2.56. The zero-order chi connectivity index (χ0) is 24.2. The molecule has 182 valence electrons. The molecule has 4 N–H and O–H groups in total. The van der Waals surface area contributed by atoms with Gasteiger partial charge in [-0.1, -0.05) is 6.07 Å². The molecule has 0 aliphatic carbocycles. The smallest absolute Gasteiger partial charge is 0.147 e. The number of nitrogens with two attached hydrogens (primary N) is 1. The number of hydrogen-bond donors (Lipinski definition) is 3. The maximum absolute atomic E-state index is 5.95. The number of nitrogens with one attached hydrogen (secondary N) is 2. The van der Waals surface area contributed by atoms with E-state index in [0.29, 0.717) is 0 Å². The molecule has 2 aliphatic rings. The molecule has 0 bridgehead atoms. The van der Waals surface area contributed by atoms with Crippen LogP contribution in [0.4, 0.5) is 11.6 Å². The van der Waals surface area contributed by atoms with E-state index in [2.05, 4.69) is 66.2 Å². The van der Waals surface area contributed by atoms with Crippen molar-refractivity contribution in [2.45, 2.75) is 6.04 Å². The lowest BCUT2D eigenvalue weighted by molar-refractivity contribution is 0.312. The molecule has 2 aliphatic heterocycles. The molecule has 2 saturated heterocycles. The van der Waals surface area contributed by atoms with Gasteiger partial charge in [-0.25, -0.2) is 9.97 Å². The highest BCUT2D eigenvalue weighted by atomic mass is 15.3. The molecule has 0 atom stereocenters. The van der Waals surface area contributed by atoms with Crippen molar-refractivity contribution in [2.75, 3.05) is 56.1 Å². The molecule has 7 rings (SSSR count). The largest absolute Gasteiger partial charge is 0.353 e. The maximum atomic E-state index is 5.95. The molecule has 0 spiro atoms. The Morgan fingerprint density at radius 1 is 0.944 bits per heavy atom. The van der Waals surface area contributed by atoms with Crippen LogP contribution in [0.3, 0.4) is 0 Å². The number of piperazine rings is 1. The monoisotopic (exact) mass is 480 g/mol. The summed E-state index contributed by atoms with van der Waals surface area (Å²) >= 11 is 0. The first-order chi connectivity index (χ1) is 17.6. The van der Waals surface area contributed by atoms with Crippen LogP contribution in [0.5, 0.6) is 0 Å². The third kappa shape index (κ3) is 3.57. The van der Waals surface area contributed by atoms with Crippen molar-refractivity contribution in [2.24, 2.45) is 5.73 Å². The standard InChI is InChI=1S/C26H28N10/c1-34-6-8-35(9-7-34)26-19-11-22(30-20(19)4-5-29-26)25-18-10-16(2-3-21(18)32-33-25)23-12-28-13-24(31-23)36-14-17(27)15-36/h2-5,10-13,17,30H,6-9,14-15,27H2,1H3,(H,32,33). The summed E-state index contributed by atoms with van der Waals surface area (Å²) < 4.78 is 0. The molecule has 0 amide bonds. The molecule has 10 nitrogen and oxygen atoms in total. The van der Waals surface area contributed by atoms with Gasteiger partial charge in [0.2, 0.25) is 0 Å². The van der Waals surface area contributed by atoms with Crippen LogP contribution in [0.15, 0.2) is 48.9 Å². The Hall–Kier alpha value is -4.02.